The third-order valence-corrected chi connectivity index (χ3v) is 4.01. The molecule has 3 N–H and O–H groups in total. The van der Waals surface area contributed by atoms with Crippen LogP contribution in [0.3, 0.4) is 0 Å². The predicted octanol–water partition coefficient (Wildman–Crippen LogP) is 3.46. The SMILES string of the molecule is NNC(CCC1CCCO1)c1c(Cl)cccc1Cl. The molecule has 1 aliphatic rings. The van der Waals surface area contributed by atoms with E-state index in [0.717, 1.165) is 37.9 Å². The van der Waals surface area contributed by atoms with Crippen molar-refractivity contribution >= 4 is 23.2 Å². The zero-order valence-electron chi connectivity index (χ0n) is 10.2. The molecule has 0 radical (unpaired) electrons. The maximum absolute atomic E-state index is 6.19. The van der Waals surface area contributed by atoms with Gasteiger partial charge in [0.2, 0.25) is 0 Å². The summed E-state index contributed by atoms with van der Waals surface area (Å²) in [7, 11) is 0. The molecule has 1 fully saturated rings. The van der Waals surface area contributed by atoms with E-state index in [1.807, 2.05) is 18.2 Å². The van der Waals surface area contributed by atoms with Crippen LogP contribution < -0.4 is 11.3 Å². The maximum Gasteiger partial charge on any atom is 0.0576 e. The Hall–Kier alpha value is -0.320. The number of benzene rings is 1. The van der Waals surface area contributed by atoms with E-state index >= 15 is 0 Å². The Morgan fingerprint density at radius 2 is 2.11 bits per heavy atom. The second-order valence-electron chi connectivity index (χ2n) is 4.57. The van der Waals surface area contributed by atoms with Crippen molar-refractivity contribution in [2.45, 2.75) is 37.8 Å². The summed E-state index contributed by atoms with van der Waals surface area (Å²) in [6.07, 6.45) is 4.47. The molecule has 2 atom stereocenters. The van der Waals surface area contributed by atoms with Crippen molar-refractivity contribution in [3.05, 3.63) is 33.8 Å². The van der Waals surface area contributed by atoms with Gasteiger partial charge in [0.25, 0.3) is 0 Å². The summed E-state index contributed by atoms with van der Waals surface area (Å²) in [5.74, 6) is 5.62. The van der Waals surface area contributed by atoms with Crippen LogP contribution in [0.2, 0.25) is 10.0 Å². The van der Waals surface area contributed by atoms with Gasteiger partial charge in [-0.15, -0.1) is 0 Å². The third-order valence-electron chi connectivity index (χ3n) is 3.35. The molecule has 1 saturated heterocycles. The fraction of sp³-hybridized carbons (Fsp3) is 0.538. The first kappa shape index (κ1) is 14.1. The van der Waals surface area contributed by atoms with Crippen molar-refractivity contribution in [3.8, 4) is 0 Å². The van der Waals surface area contributed by atoms with E-state index in [1.165, 1.54) is 0 Å². The normalized spacial score (nSPS) is 21.2. The van der Waals surface area contributed by atoms with Gasteiger partial charge in [-0.1, -0.05) is 29.3 Å². The largest absolute Gasteiger partial charge is 0.378 e. The molecule has 0 spiro atoms. The van der Waals surface area contributed by atoms with E-state index < -0.39 is 0 Å². The van der Waals surface area contributed by atoms with Gasteiger partial charge in [0.05, 0.1) is 6.10 Å². The van der Waals surface area contributed by atoms with Crippen LogP contribution in [0.1, 0.15) is 37.3 Å². The van der Waals surface area contributed by atoms with Crippen molar-refractivity contribution in [2.75, 3.05) is 6.61 Å². The summed E-state index contributed by atoms with van der Waals surface area (Å²) in [6.45, 7) is 0.873. The molecule has 0 aliphatic carbocycles. The molecule has 2 rings (SSSR count). The second-order valence-corrected chi connectivity index (χ2v) is 5.38. The Bertz CT molecular complexity index is 374. The summed E-state index contributed by atoms with van der Waals surface area (Å²) in [5, 5.41) is 1.30. The molecule has 1 aromatic carbocycles. The van der Waals surface area contributed by atoms with Crippen LogP contribution in [0.25, 0.3) is 0 Å². The highest BCUT2D eigenvalue weighted by molar-refractivity contribution is 6.36. The van der Waals surface area contributed by atoms with E-state index in [9.17, 15) is 0 Å². The molecular weight excluding hydrogens is 271 g/mol. The van der Waals surface area contributed by atoms with Crippen LogP contribution >= 0.6 is 23.2 Å². The van der Waals surface area contributed by atoms with Crippen LogP contribution in [-0.4, -0.2) is 12.7 Å². The Balaban J connectivity index is 2.03. The highest BCUT2D eigenvalue weighted by atomic mass is 35.5. The van der Waals surface area contributed by atoms with Crippen LogP contribution in [0.5, 0.6) is 0 Å². The Morgan fingerprint density at radius 3 is 2.67 bits per heavy atom. The van der Waals surface area contributed by atoms with Crippen molar-refractivity contribution in [2.24, 2.45) is 5.84 Å². The fourth-order valence-electron chi connectivity index (χ4n) is 2.38. The number of nitrogens with two attached hydrogens (primary N) is 1. The maximum atomic E-state index is 6.19. The van der Waals surface area contributed by atoms with Gasteiger partial charge in [0, 0.05) is 28.3 Å². The van der Waals surface area contributed by atoms with Crippen molar-refractivity contribution in [1.29, 1.82) is 0 Å². The van der Waals surface area contributed by atoms with Gasteiger partial charge >= 0.3 is 0 Å². The molecular formula is C13H18Cl2N2O. The minimum Gasteiger partial charge on any atom is -0.378 e. The average Bonchev–Trinajstić information content (AvgIpc) is 2.86. The lowest BCUT2D eigenvalue weighted by molar-refractivity contribution is 0.0996. The highest BCUT2D eigenvalue weighted by Gasteiger charge is 2.21. The molecule has 100 valence electrons. The van der Waals surface area contributed by atoms with Gasteiger partial charge < -0.3 is 4.74 Å². The Labute approximate surface area is 118 Å². The standard InChI is InChI=1S/C13H18Cl2N2O/c14-10-4-1-5-11(15)13(10)12(17-16)7-6-9-3-2-8-18-9/h1,4-5,9,12,17H,2-3,6-8,16H2. The minimum absolute atomic E-state index is 0.0320. The number of hydrogen-bond donors (Lipinski definition) is 2. The first-order valence-electron chi connectivity index (χ1n) is 6.24. The van der Waals surface area contributed by atoms with Crippen molar-refractivity contribution in [1.82, 2.24) is 5.43 Å². The van der Waals surface area contributed by atoms with E-state index in [2.05, 4.69) is 5.43 Å². The van der Waals surface area contributed by atoms with Crippen LogP contribution in [-0.2, 0) is 4.74 Å². The number of hydrazine groups is 1. The van der Waals surface area contributed by atoms with Gasteiger partial charge in [0.1, 0.15) is 0 Å². The zero-order valence-corrected chi connectivity index (χ0v) is 11.7. The Morgan fingerprint density at radius 1 is 1.39 bits per heavy atom. The van der Waals surface area contributed by atoms with E-state index in [0.29, 0.717) is 16.1 Å². The number of rotatable bonds is 5. The number of hydrogen-bond acceptors (Lipinski definition) is 3. The van der Waals surface area contributed by atoms with E-state index in [4.69, 9.17) is 33.8 Å². The summed E-state index contributed by atoms with van der Waals surface area (Å²) in [4.78, 5) is 0. The quantitative estimate of drug-likeness (QED) is 0.644. The first-order valence-corrected chi connectivity index (χ1v) is 6.99. The molecule has 1 aromatic rings. The molecule has 0 amide bonds. The van der Waals surface area contributed by atoms with E-state index in [-0.39, 0.29) is 6.04 Å². The topological polar surface area (TPSA) is 47.3 Å². The van der Waals surface area contributed by atoms with Gasteiger partial charge in [-0.25, -0.2) is 0 Å². The monoisotopic (exact) mass is 288 g/mol. The summed E-state index contributed by atoms with van der Waals surface area (Å²) in [5.41, 5.74) is 3.68. The molecule has 18 heavy (non-hydrogen) atoms. The molecule has 1 heterocycles. The smallest absolute Gasteiger partial charge is 0.0576 e. The van der Waals surface area contributed by atoms with Crippen LogP contribution in [0, 0.1) is 0 Å². The fourth-order valence-corrected chi connectivity index (χ4v) is 3.04. The predicted molar refractivity (Wildman–Crippen MR) is 74.7 cm³/mol. The first-order chi connectivity index (χ1) is 8.72. The molecule has 3 nitrogen and oxygen atoms in total. The summed E-state index contributed by atoms with van der Waals surface area (Å²) in [6, 6.07) is 5.47. The number of ether oxygens (including phenoxy) is 1. The number of nitrogens with one attached hydrogen (secondary N) is 1. The molecule has 1 aliphatic heterocycles. The van der Waals surface area contributed by atoms with Crippen molar-refractivity contribution in [3.63, 3.8) is 0 Å². The zero-order chi connectivity index (χ0) is 13.0. The highest BCUT2D eigenvalue weighted by Crippen LogP contribution is 2.33. The third kappa shape index (κ3) is 3.37. The van der Waals surface area contributed by atoms with E-state index in [1.54, 1.807) is 0 Å². The lowest BCUT2D eigenvalue weighted by Crippen LogP contribution is -2.29. The minimum atomic E-state index is -0.0320. The van der Waals surface area contributed by atoms with Gasteiger partial charge in [0.15, 0.2) is 0 Å². The molecule has 0 saturated carbocycles. The molecule has 5 heteroatoms. The molecule has 0 bridgehead atoms. The Kier molecular flexibility index (Phi) is 5.27. The summed E-state index contributed by atoms with van der Waals surface area (Å²) < 4.78 is 5.61. The number of halogens is 2. The van der Waals surface area contributed by atoms with Crippen LogP contribution in [0.4, 0.5) is 0 Å². The lowest BCUT2D eigenvalue weighted by Gasteiger charge is -2.20. The van der Waals surface area contributed by atoms with Gasteiger partial charge in [-0.05, 0) is 37.8 Å². The average molecular weight is 289 g/mol. The van der Waals surface area contributed by atoms with Gasteiger partial charge in [-0.3, -0.25) is 11.3 Å². The molecule has 0 aromatic heterocycles. The second kappa shape index (κ2) is 6.73. The van der Waals surface area contributed by atoms with Gasteiger partial charge in [-0.2, -0.15) is 0 Å². The molecule has 2 unspecified atom stereocenters. The summed E-state index contributed by atoms with van der Waals surface area (Å²) >= 11 is 12.4. The van der Waals surface area contributed by atoms with Crippen LogP contribution in [0.15, 0.2) is 18.2 Å². The van der Waals surface area contributed by atoms with Crippen molar-refractivity contribution < 1.29 is 4.74 Å². The lowest BCUT2D eigenvalue weighted by atomic mass is 9.99.